The van der Waals surface area contributed by atoms with Gasteiger partial charge in [0.15, 0.2) is 0 Å². The number of ether oxygens (including phenoxy) is 2. The number of nitrogens with one attached hydrogen (secondary N) is 2. The summed E-state index contributed by atoms with van der Waals surface area (Å²) >= 11 is 0. The lowest BCUT2D eigenvalue weighted by Crippen LogP contribution is -2.38. The molecule has 37 heavy (non-hydrogen) atoms. The molecule has 0 rings (SSSR count). The van der Waals surface area contributed by atoms with E-state index in [0.717, 1.165) is 0 Å². The van der Waals surface area contributed by atoms with Gasteiger partial charge < -0.3 is 25.2 Å². The standard InChI is InChI=1S/C25H40N2O6.2C2H6/c1-7-9-11-20(10-8-2)23(31)27-16-24(3,4)17-33-19-25(5,6)18-32-15-14-26-21(28)12-13-22(29)30;2*1-2/h7-11H,1-2,12-19H2,3-6H3,(H,26,28)(H,27,31)(H,29,30);2*1-2H3/b11-9-,20-10+;;. The molecule has 214 valence electrons. The Bertz CT molecular complexity index is 724. The zero-order valence-electron chi connectivity index (χ0n) is 24.4. The smallest absolute Gasteiger partial charge is 0.303 e. The summed E-state index contributed by atoms with van der Waals surface area (Å²) in [5.41, 5.74) is -0.00558. The lowest BCUT2D eigenvalue weighted by Gasteiger charge is -2.29. The summed E-state index contributed by atoms with van der Waals surface area (Å²) in [7, 11) is 0. The molecule has 0 aliphatic heterocycles. The second-order valence-corrected chi connectivity index (χ2v) is 9.25. The first-order valence-corrected chi connectivity index (χ1v) is 13.0. The summed E-state index contributed by atoms with van der Waals surface area (Å²) < 4.78 is 11.5. The Morgan fingerprint density at radius 2 is 1.41 bits per heavy atom. The minimum absolute atomic E-state index is 0.0394. The van der Waals surface area contributed by atoms with Gasteiger partial charge in [-0.3, -0.25) is 14.4 Å². The number of rotatable bonds is 18. The average Bonchev–Trinajstić information content (AvgIpc) is 2.85. The van der Waals surface area contributed by atoms with Gasteiger partial charge in [0.25, 0.3) is 5.91 Å². The van der Waals surface area contributed by atoms with Crippen LogP contribution in [-0.4, -0.2) is 62.4 Å². The SMILES string of the molecule is C=C/C=C\C(=C/C=C)C(=O)NCC(C)(C)COCC(C)(C)COCCNC(=O)CCC(=O)O.CC.CC. The van der Waals surface area contributed by atoms with Gasteiger partial charge in [0.2, 0.25) is 5.91 Å². The Balaban J connectivity index is -0.00000274. The summed E-state index contributed by atoms with van der Waals surface area (Å²) in [6.45, 7) is 25.8. The molecule has 8 heteroatoms. The number of amides is 2. The van der Waals surface area contributed by atoms with Crippen LogP contribution in [0, 0.1) is 10.8 Å². The molecule has 0 aromatic rings. The van der Waals surface area contributed by atoms with E-state index in [-0.39, 0.29) is 35.5 Å². The first-order valence-electron chi connectivity index (χ1n) is 13.0. The van der Waals surface area contributed by atoms with E-state index in [1.807, 2.05) is 55.4 Å². The zero-order valence-corrected chi connectivity index (χ0v) is 24.4. The van der Waals surface area contributed by atoms with Crippen molar-refractivity contribution in [2.24, 2.45) is 10.8 Å². The monoisotopic (exact) mass is 524 g/mol. The van der Waals surface area contributed by atoms with Crippen LogP contribution in [0.1, 0.15) is 68.2 Å². The quantitative estimate of drug-likeness (QED) is 0.131. The van der Waals surface area contributed by atoms with Crippen molar-refractivity contribution in [1.29, 1.82) is 0 Å². The normalized spacial score (nSPS) is 11.4. The third kappa shape index (κ3) is 24.7. The molecule has 8 nitrogen and oxygen atoms in total. The topological polar surface area (TPSA) is 114 Å². The molecule has 0 bridgehead atoms. The molecule has 0 aliphatic rings. The molecule has 0 aromatic heterocycles. The van der Waals surface area contributed by atoms with E-state index >= 15 is 0 Å². The van der Waals surface area contributed by atoms with Crippen LogP contribution in [0.4, 0.5) is 0 Å². The van der Waals surface area contributed by atoms with Gasteiger partial charge in [-0.05, 0) is 6.08 Å². The Morgan fingerprint density at radius 3 is 1.95 bits per heavy atom. The first kappa shape index (κ1) is 38.8. The Kier molecular flexibility index (Phi) is 24.8. The fraction of sp³-hybridized carbons (Fsp3) is 0.621. The lowest BCUT2D eigenvalue weighted by atomic mass is 9.93. The molecule has 0 aromatic carbocycles. The number of hydrogen-bond acceptors (Lipinski definition) is 5. The molecule has 0 spiro atoms. The van der Waals surface area contributed by atoms with Crippen molar-refractivity contribution >= 4 is 17.8 Å². The van der Waals surface area contributed by atoms with Gasteiger partial charge in [0, 0.05) is 35.9 Å². The van der Waals surface area contributed by atoms with E-state index in [0.29, 0.717) is 45.1 Å². The fourth-order valence-corrected chi connectivity index (χ4v) is 2.54. The van der Waals surface area contributed by atoms with Crippen LogP contribution in [-0.2, 0) is 23.9 Å². The van der Waals surface area contributed by atoms with Gasteiger partial charge in [-0.2, -0.15) is 0 Å². The van der Waals surface area contributed by atoms with Crippen molar-refractivity contribution in [2.45, 2.75) is 68.2 Å². The molecule has 3 N–H and O–H groups in total. The highest BCUT2D eigenvalue weighted by atomic mass is 16.5. The predicted octanol–water partition coefficient (Wildman–Crippen LogP) is 5.08. The molecule has 0 heterocycles. The van der Waals surface area contributed by atoms with Crippen molar-refractivity contribution in [3.05, 3.63) is 49.1 Å². The summed E-state index contributed by atoms with van der Waals surface area (Å²) in [5.74, 6) is -1.49. The molecular weight excluding hydrogens is 472 g/mol. The summed E-state index contributed by atoms with van der Waals surface area (Å²) in [6.07, 6.45) is 7.96. The molecule has 2 amide bonds. The van der Waals surface area contributed by atoms with E-state index in [1.165, 1.54) is 0 Å². The third-order valence-electron chi connectivity index (χ3n) is 4.31. The van der Waals surface area contributed by atoms with E-state index in [1.54, 1.807) is 30.4 Å². The zero-order chi connectivity index (χ0) is 29.3. The molecule has 0 saturated heterocycles. The number of carbonyl (C=O) groups is 3. The number of carboxylic acid groups (broad SMARTS) is 1. The number of allylic oxidation sites excluding steroid dienone is 4. The number of carboxylic acids is 1. The van der Waals surface area contributed by atoms with Crippen LogP contribution in [0.3, 0.4) is 0 Å². The number of carbonyl (C=O) groups excluding carboxylic acids is 2. The highest BCUT2D eigenvalue weighted by Crippen LogP contribution is 2.20. The second kappa shape index (κ2) is 23.7. The minimum Gasteiger partial charge on any atom is -0.481 e. The molecular formula is C29H52N2O6. The number of aliphatic carboxylic acids is 1. The average molecular weight is 525 g/mol. The van der Waals surface area contributed by atoms with Crippen molar-refractivity contribution in [1.82, 2.24) is 10.6 Å². The van der Waals surface area contributed by atoms with Gasteiger partial charge in [0.05, 0.1) is 32.8 Å². The van der Waals surface area contributed by atoms with E-state index < -0.39 is 5.97 Å². The van der Waals surface area contributed by atoms with E-state index in [9.17, 15) is 14.4 Å². The van der Waals surface area contributed by atoms with Crippen molar-refractivity contribution in [3.8, 4) is 0 Å². The highest BCUT2D eigenvalue weighted by Gasteiger charge is 2.23. The maximum absolute atomic E-state index is 12.4. The van der Waals surface area contributed by atoms with E-state index in [4.69, 9.17) is 14.6 Å². The molecule has 0 atom stereocenters. The predicted molar refractivity (Wildman–Crippen MR) is 152 cm³/mol. The lowest BCUT2D eigenvalue weighted by molar-refractivity contribution is -0.138. The molecule has 0 fully saturated rings. The van der Waals surface area contributed by atoms with Crippen LogP contribution < -0.4 is 10.6 Å². The summed E-state index contributed by atoms with van der Waals surface area (Å²) in [5, 5.41) is 14.1. The van der Waals surface area contributed by atoms with Crippen LogP contribution >= 0.6 is 0 Å². The molecule has 0 radical (unpaired) electrons. The highest BCUT2D eigenvalue weighted by molar-refractivity contribution is 5.96. The van der Waals surface area contributed by atoms with Crippen molar-refractivity contribution in [2.75, 3.05) is 39.5 Å². The minimum atomic E-state index is -0.997. The van der Waals surface area contributed by atoms with Gasteiger partial charge >= 0.3 is 5.97 Å². The first-order chi connectivity index (χ1) is 17.4. The summed E-state index contributed by atoms with van der Waals surface area (Å²) in [6, 6.07) is 0. The van der Waals surface area contributed by atoms with Gasteiger partial charge in [-0.1, -0.05) is 92.9 Å². The molecule has 0 aliphatic carbocycles. The largest absolute Gasteiger partial charge is 0.481 e. The fourth-order valence-electron chi connectivity index (χ4n) is 2.54. The third-order valence-corrected chi connectivity index (χ3v) is 4.31. The molecule has 0 unspecified atom stereocenters. The Labute approximate surface area is 225 Å². The van der Waals surface area contributed by atoms with E-state index in [2.05, 4.69) is 23.8 Å². The van der Waals surface area contributed by atoms with Crippen LogP contribution in [0.5, 0.6) is 0 Å². The van der Waals surface area contributed by atoms with Crippen LogP contribution in [0.25, 0.3) is 0 Å². The summed E-state index contributed by atoms with van der Waals surface area (Å²) in [4.78, 5) is 34.3. The second-order valence-electron chi connectivity index (χ2n) is 9.25. The number of hydrogen-bond donors (Lipinski definition) is 3. The van der Waals surface area contributed by atoms with Gasteiger partial charge in [0.1, 0.15) is 0 Å². The van der Waals surface area contributed by atoms with Gasteiger partial charge in [-0.25, -0.2) is 0 Å². The Hall–Kier alpha value is -2.71. The van der Waals surface area contributed by atoms with Crippen LogP contribution in [0.2, 0.25) is 0 Å². The maximum atomic E-state index is 12.4. The van der Waals surface area contributed by atoms with Crippen molar-refractivity contribution in [3.63, 3.8) is 0 Å². The molecule has 0 saturated carbocycles. The van der Waals surface area contributed by atoms with Gasteiger partial charge in [-0.15, -0.1) is 0 Å². The maximum Gasteiger partial charge on any atom is 0.303 e. The Morgan fingerprint density at radius 1 is 0.838 bits per heavy atom. The van der Waals surface area contributed by atoms with Crippen molar-refractivity contribution < 1.29 is 29.0 Å². The van der Waals surface area contributed by atoms with Crippen LogP contribution in [0.15, 0.2) is 49.1 Å².